The molecule has 1 N–H and O–H groups in total. The third-order valence-corrected chi connectivity index (χ3v) is 2.94. The predicted molar refractivity (Wildman–Crippen MR) is 40.5 cm³/mol. The van der Waals surface area contributed by atoms with Gasteiger partial charge in [-0.1, -0.05) is 0 Å². The highest BCUT2D eigenvalue weighted by atomic mass is 16.1. The Morgan fingerprint density at radius 3 is 2.82 bits per heavy atom. The molecule has 2 aliphatic carbocycles. The Hall–Kier alpha value is -1.05. The Labute approximate surface area is 64.6 Å². The highest BCUT2D eigenvalue weighted by Crippen LogP contribution is 2.55. The van der Waals surface area contributed by atoms with E-state index >= 15 is 0 Å². The fraction of sp³-hybridized carbons (Fsp3) is 0.444. The number of rotatable bonds is 0. The molecular weight excluding hydrogens is 138 g/mol. The average Bonchev–Trinajstić information content (AvgIpc) is 2.53. The van der Waals surface area contributed by atoms with Crippen LogP contribution in [0.5, 0.6) is 0 Å². The van der Waals surface area contributed by atoms with Crippen molar-refractivity contribution in [1.82, 2.24) is 4.98 Å². The summed E-state index contributed by atoms with van der Waals surface area (Å²) in [6.45, 7) is 0. The van der Waals surface area contributed by atoms with Crippen molar-refractivity contribution < 1.29 is 4.79 Å². The van der Waals surface area contributed by atoms with Gasteiger partial charge in [0.1, 0.15) is 0 Å². The van der Waals surface area contributed by atoms with Gasteiger partial charge < -0.3 is 4.98 Å². The van der Waals surface area contributed by atoms with Crippen LogP contribution in [0.3, 0.4) is 0 Å². The lowest BCUT2D eigenvalue weighted by atomic mass is 10.0. The molecular formula is C9H9NO. The summed E-state index contributed by atoms with van der Waals surface area (Å²) in [4.78, 5) is 14.6. The summed E-state index contributed by atoms with van der Waals surface area (Å²) in [5.41, 5.74) is 2.26. The number of aromatic amines is 1. The Kier molecular flexibility index (Phi) is 0.721. The molecule has 1 aromatic heterocycles. The molecule has 0 bridgehead atoms. The molecule has 2 heteroatoms. The maximum Gasteiger partial charge on any atom is 0.171 e. The number of aromatic nitrogens is 1. The average molecular weight is 147 g/mol. The Balaban J connectivity index is 2.19. The molecule has 1 saturated carbocycles. The normalized spacial score (nSPS) is 24.2. The van der Waals surface area contributed by atoms with Gasteiger partial charge in [0.2, 0.25) is 0 Å². The number of hydrogen-bond acceptors (Lipinski definition) is 1. The van der Waals surface area contributed by atoms with Gasteiger partial charge in [-0.25, -0.2) is 0 Å². The number of nitrogens with one attached hydrogen (secondary N) is 1. The summed E-state index contributed by atoms with van der Waals surface area (Å²) in [7, 11) is 0. The van der Waals surface area contributed by atoms with Gasteiger partial charge in [0, 0.05) is 23.4 Å². The second kappa shape index (κ2) is 1.42. The van der Waals surface area contributed by atoms with E-state index in [1.807, 2.05) is 12.4 Å². The number of hydrogen-bond donors (Lipinski definition) is 1. The summed E-state index contributed by atoms with van der Waals surface area (Å²) in [5, 5.41) is 0. The van der Waals surface area contributed by atoms with Crippen LogP contribution < -0.4 is 0 Å². The van der Waals surface area contributed by atoms with Crippen LogP contribution in [-0.4, -0.2) is 10.8 Å². The first-order valence-electron chi connectivity index (χ1n) is 4.02. The molecule has 3 rings (SSSR count). The van der Waals surface area contributed by atoms with Crippen molar-refractivity contribution in [1.29, 1.82) is 0 Å². The largest absolute Gasteiger partial charge is 0.367 e. The van der Waals surface area contributed by atoms with Crippen LogP contribution in [0.25, 0.3) is 0 Å². The van der Waals surface area contributed by atoms with Gasteiger partial charge in [-0.3, -0.25) is 4.79 Å². The van der Waals surface area contributed by atoms with Crippen LogP contribution in [0, 0.1) is 5.41 Å². The minimum Gasteiger partial charge on any atom is -0.367 e. The summed E-state index contributed by atoms with van der Waals surface area (Å²) >= 11 is 0. The lowest BCUT2D eigenvalue weighted by Crippen LogP contribution is -2.08. The second-order valence-electron chi connectivity index (χ2n) is 3.68. The summed E-state index contributed by atoms with van der Waals surface area (Å²) in [5.74, 6) is 0.383. The van der Waals surface area contributed by atoms with Gasteiger partial charge in [0.05, 0.1) is 0 Å². The zero-order valence-electron chi connectivity index (χ0n) is 6.18. The molecule has 2 nitrogen and oxygen atoms in total. The first kappa shape index (κ1) is 5.58. The Bertz CT molecular complexity index is 333. The second-order valence-corrected chi connectivity index (χ2v) is 3.68. The lowest BCUT2D eigenvalue weighted by molar-refractivity contribution is 0.0919. The fourth-order valence-electron chi connectivity index (χ4n) is 2.04. The van der Waals surface area contributed by atoms with Crippen LogP contribution in [0.15, 0.2) is 12.4 Å². The highest BCUT2D eigenvalue weighted by Gasteiger charge is 2.54. The number of carbonyl (C=O) groups is 1. The van der Waals surface area contributed by atoms with E-state index in [-0.39, 0.29) is 5.41 Å². The van der Waals surface area contributed by atoms with E-state index in [2.05, 4.69) is 4.98 Å². The minimum atomic E-state index is 0.0831. The van der Waals surface area contributed by atoms with Crippen molar-refractivity contribution in [3.63, 3.8) is 0 Å². The highest BCUT2D eigenvalue weighted by molar-refractivity contribution is 6.06. The standard InChI is InChI=1S/C9H9NO/c11-8-7-5-10-4-6(7)3-9(8)1-2-9/h4-5,10H,1-3H2. The van der Waals surface area contributed by atoms with Crippen LogP contribution >= 0.6 is 0 Å². The topological polar surface area (TPSA) is 32.9 Å². The third-order valence-electron chi connectivity index (χ3n) is 2.94. The van der Waals surface area contributed by atoms with E-state index in [4.69, 9.17) is 0 Å². The first-order chi connectivity index (χ1) is 5.32. The summed E-state index contributed by atoms with van der Waals surface area (Å²) in [6, 6.07) is 0. The van der Waals surface area contributed by atoms with Gasteiger partial charge in [-0.2, -0.15) is 0 Å². The summed E-state index contributed by atoms with van der Waals surface area (Å²) < 4.78 is 0. The maximum absolute atomic E-state index is 11.6. The van der Waals surface area contributed by atoms with E-state index in [1.54, 1.807) is 0 Å². The molecule has 0 saturated heterocycles. The van der Waals surface area contributed by atoms with Crippen molar-refractivity contribution in [3.05, 3.63) is 23.5 Å². The van der Waals surface area contributed by atoms with E-state index in [9.17, 15) is 4.79 Å². The predicted octanol–water partition coefficient (Wildman–Crippen LogP) is 1.53. The molecule has 2 aliphatic rings. The van der Waals surface area contributed by atoms with Crippen molar-refractivity contribution in [2.24, 2.45) is 5.41 Å². The van der Waals surface area contributed by atoms with E-state index in [0.29, 0.717) is 5.78 Å². The van der Waals surface area contributed by atoms with Gasteiger partial charge in [0.25, 0.3) is 0 Å². The van der Waals surface area contributed by atoms with Crippen molar-refractivity contribution >= 4 is 5.78 Å². The van der Waals surface area contributed by atoms with Crippen molar-refractivity contribution in [2.75, 3.05) is 0 Å². The SMILES string of the molecule is O=C1c2c[nH]cc2CC12CC2. The zero-order valence-corrected chi connectivity index (χ0v) is 6.18. The molecule has 0 radical (unpaired) electrons. The van der Waals surface area contributed by atoms with Crippen LogP contribution in [0.4, 0.5) is 0 Å². The lowest BCUT2D eigenvalue weighted by Gasteiger charge is -1.99. The number of fused-ring (bicyclic) bond motifs is 1. The molecule has 0 amide bonds. The molecule has 1 spiro atoms. The van der Waals surface area contributed by atoms with Gasteiger partial charge >= 0.3 is 0 Å². The Morgan fingerprint density at radius 1 is 1.36 bits per heavy atom. The number of ketones is 1. The molecule has 11 heavy (non-hydrogen) atoms. The first-order valence-corrected chi connectivity index (χ1v) is 4.02. The van der Waals surface area contributed by atoms with Crippen molar-refractivity contribution in [3.8, 4) is 0 Å². The third kappa shape index (κ3) is 0.516. The number of Topliss-reactive ketones (excluding diaryl/α,β-unsaturated/α-hetero) is 1. The quantitative estimate of drug-likeness (QED) is 0.593. The van der Waals surface area contributed by atoms with Crippen LogP contribution in [0.1, 0.15) is 28.8 Å². The van der Waals surface area contributed by atoms with Gasteiger partial charge in [0.15, 0.2) is 5.78 Å². The van der Waals surface area contributed by atoms with E-state index in [0.717, 1.165) is 24.8 Å². The van der Waals surface area contributed by atoms with Crippen LogP contribution in [-0.2, 0) is 6.42 Å². The zero-order chi connectivity index (χ0) is 7.47. The molecule has 0 aromatic carbocycles. The number of H-pyrrole nitrogens is 1. The van der Waals surface area contributed by atoms with Gasteiger partial charge in [-0.05, 0) is 24.8 Å². The molecule has 0 unspecified atom stereocenters. The molecule has 0 aliphatic heterocycles. The van der Waals surface area contributed by atoms with Gasteiger partial charge in [-0.15, -0.1) is 0 Å². The monoisotopic (exact) mass is 147 g/mol. The number of carbonyl (C=O) groups excluding carboxylic acids is 1. The molecule has 56 valence electrons. The van der Waals surface area contributed by atoms with E-state index < -0.39 is 0 Å². The molecule has 1 aromatic rings. The summed E-state index contributed by atoms with van der Waals surface area (Å²) in [6.07, 6.45) is 7.01. The molecule has 0 atom stereocenters. The smallest absolute Gasteiger partial charge is 0.171 e. The van der Waals surface area contributed by atoms with Crippen molar-refractivity contribution in [2.45, 2.75) is 19.3 Å². The Morgan fingerprint density at radius 2 is 2.18 bits per heavy atom. The maximum atomic E-state index is 11.6. The fourth-order valence-corrected chi connectivity index (χ4v) is 2.04. The van der Waals surface area contributed by atoms with Crippen LogP contribution in [0.2, 0.25) is 0 Å². The minimum absolute atomic E-state index is 0.0831. The molecule has 1 fully saturated rings. The van der Waals surface area contributed by atoms with E-state index in [1.165, 1.54) is 5.56 Å². The molecule has 1 heterocycles.